The van der Waals surface area contributed by atoms with Crippen LogP contribution in [0, 0.1) is 18.3 Å². The standard InChI is InChI=1S/C23H23N3O/c1-16(2)25-23(27)19(13-24)12-20-15-26(22-7-5-4-6-21(20)22)14-18-10-8-17(3)9-11-18/h4-12,15-16H,14H2,1-3H3,(H,25,27)/b19-12-. The lowest BCUT2D eigenvalue weighted by atomic mass is 10.1. The van der Waals surface area contributed by atoms with Crippen LogP contribution in [-0.2, 0) is 11.3 Å². The van der Waals surface area contributed by atoms with E-state index in [9.17, 15) is 10.1 Å². The second kappa shape index (κ2) is 7.92. The van der Waals surface area contributed by atoms with E-state index in [4.69, 9.17) is 0 Å². The maximum Gasteiger partial charge on any atom is 0.262 e. The van der Waals surface area contributed by atoms with Crippen LogP contribution in [0.15, 0.2) is 60.3 Å². The summed E-state index contributed by atoms with van der Waals surface area (Å²) in [4.78, 5) is 12.2. The van der Waals surface area contributed by atoms with Crippen molar-refractivity contribution in [1.82, 2.24) is 9.88 Å². The fourth-order valence-electron chi connectivity index (χ4n) is 3.06. The lowest BCUT2D eigenvalue weighted by Gasteiger charge is -2.06. The van der Waals surface area contributed by atoms with Gasteiger partial charge < -0.3 is 9.88 Å². The molecule has 0 saturated carbocycles. The van der Waals surface area contributed by atoms with Crippen molar-refractivity contribution in [2.24, 2.45) is 0 Å². The number of aryl methyl sites for hydroxylation is 1. The molecule has 0 bridgehead atoms. The molecule has 136 valence electrons. The molecule has 0 aliphatic rings. The van der Waals surface area contributed by atoms with Crippen LogP contribution in [-0.4, -0.2) is 16.5 Å². The van der Waals surface area contributed by atoms with Gasteiger partial charge in [-0.15, -0.1) is 0 Å². The number of rotatable bonds is 5. The Balaban J connectivity index is 2.01. The smallest absolute Gasteiger partial charge is 0.262 e. The molecule has 0 radical (unpaired) electrons. The number of nitrogens with zero attached hydrogens (tertiary/aromatic N) is 2. The van der Waals surface area contributed by atoms with Gasteiger partial charge in [0, 0.05) is 35.2 Å². The molecule has 3 rings (SSSR count). The highest BCUT2D eigenvalue weighted by Gasteiger charge is 2.13. The average Bonchev–Trinajstić information content (AvgIpc) is 2.98. The third kappa shape index (κ3) is 4.27. The highest BCUT2D eigenvalue weighted by atomic mass is 16.1. The van der Waals surface area contributed by atoms with E-state index < -0.39 is 0 Å². The van der Waals surface area contributed by atoms with Gasteiger partial charge in [0.25, 0.3) is 5.91 Å². The summed E-state index contributed by atoms with van der Waals surface area (Å²) in [6.07, 6.45) is 3.68. The molecule has 1 heterocycles. The summed E-state index contributed by atoms with van der Waals surface area (Å²) in [6, 6.07) is 18.5. The van der Waals surface area contributed by atoms with Crippen LogP contribution in [0.3, 0.4) is 0 Å². The molecule has 0 fully saturated rings. The molecule has 1 N–H and O–H groups in total. The van der Waals surface area contributed by atoms with Gasteiger partial charge in [-0.2, -0.15) is 5.26 Å². The Morgan fingerprint density at radius 2 is 1.89 bits per heavy atom. The normalized spacial score (nSPS) is 11.6. The number of hydrogen-bond acceptors (Lipinski definition) is 2. The van der Waals surface area contributed by atoms with Gasteiger partial charge in [0.2, 0.25) is 0 Å². The van der Waals surface area contributed by atoms with Crippen molar-refractivity contribution in [3.8, 4) is 6.07 Å². The molecule has 0 unspecified atom stereocenters. The quantitative estimate of drug-likeness (QED) is 0.542. The Hall–Kier alpha value is -3.32. The van der Waals surface area contributed by atoms with E-state index >= 15 is 0 Å². The van der Waals surface area contributed by atoms with E-state index in [2.05, 4.69) is 47.1 Å². The van der Waals surface area contributed by atoms with Gasteiger partial charge in [0.15, 0.2) is 0 Å². The minimum Gasteiger partial charge on any atom is -0.349 e. The van der Waals surface area contributed by atoms with Crippen molar-refractivity contribution in [2.75, 3.05) is 0 Å². The number of carbonyl (C=O) groups is 1. The first-order valence-corrected chi connectivity index (χ1v) is 9.04. The van der Waals surface area contributed by atoms with Crippen molar-refractivity contribution in [3.63, 3.8) is 0 Å². The number of hydrogen-bond donors (Lipinski definition) is 1. The average molecular weight is 357 g/mol. The lowest BCUT2D eigenvalue weighted by molar-refractivity contribution is -0.117. The molecule has 27 heavy (non-hydrogen) atoms. The number of benzene rings is 2. The molecular formula is C23H23N3O. The summed E-state index contributed by atoms with van der Waals surface area (Å²) in [6.45, 7) is 6.55. The van der Waals surface area contributed by atoms with Gasteiger partial charge in [-0.05, 0) is 38.5 Å². The van der Waals surface area contributed by atoms with Crippen LogP contribution in [0.5, 0.6) is 0 Å². The number of aromatic nitrogens is 1. The molecule has 4 nitrogen and oxygen atoms in total. The number of para-hydroxylation sites is 1. The van der Waals surface area contributed by atoms with Gasteiger partial charge in [0.05, 0.1) is 0 Å². The van der Waals surface area contributed by atoms with Gasteiger partial charge in [0.1, 0.15) is 11.6 Å². The second-order valence-corrected chi connectivity index (χ2v) is 7.01. The molecular weight excluding hydrogens is 334 g/mol. The Labute approximate surface area is 159 Å². The zero-order chi connectivity index (χ0) is 19.4. The Morgan fingerprint density at radius 1 is 1.19 bits per heavy atom. The number of fused-ring (bicyclic) bond motifs is 1. The van der Waals surface area contributed by atoms with E-state index in [1.165, 1.54) is 11.1 Å². The zero-order valence-corrected chi connectivity index (χ0v) is 15.9. The van der Waals surface area contributed by atoms with Crippen molar-refractivity contribution >= 4 is 22.9 Å². The van der Waals surface area contributed by atoms with E-state index in [-0.39, 0.29) is 17.5 Å². The van der Waals surface area contributed by atoms with Crippen LogP contribution in [0.1, 0.15) is 30.5 Å². The predicted octanol–water partition coefficient (Wildman–Crippen LogP) is 4.43. The highest BCUT2D eigenvalue weighted by Crippen LogP contribution is 2.24. The molecule has 0 aliphatic carbocycles. The zero-order valence-electron chi connectivity index (χ0n) is 15.9. The van der Waals surface area contributed by atoms with Crippen LogP contribution in [0.25, 0.3) is 17.0 Å². The van der Waals surface area contributed by atoms with E-state index in [1.54, 1.807) is 6.08 Å². The summed E-state index contributed by atoms with van der Waals surface area (Å²) < 4.78 is 2.15. The fourth-order valence-corrected chi connectivity index (χ4v) is 3.06. The molecule has 0 saturated heterocycles. The second-order valence-electron chi connectivity index (χ2n) is 7.01. The van der Waals surface area contributed by atoms with Crippen molar-refractivity contribution in [2.45, 2.75) is 33.4 Å². The maximum absolute atomic E-state index is 12.2. The minimum absolute atomic E-state index is 0.0165. The number of amides is 1. The first kappa shape index (κ1) is 18.5. The molecule has 2 aromatic carbocycles. The summed E-state index contributed by atoms with van der Waals surface area (Å²) >= 11 is 0. The highest BCUT2D eigenvalue weighted by molar-refractivity contribution is 6.04. The third-order valence-electron chi connectivity index (χ3n) is 4.38. The Morgan fingerprint density at radius 3 is 2.56 bits per heavy atom. The molecule has 4 heteroatoms. The summed E-state index contributed by atoms with van der Waals surface area (Å²) in [5.74, 6) is -0.345. The number of nitrogens with one attached hydrogen (secondary N) is 1. The Bertz CT molecular complexity index is 1030. The minimum atomic E-state index is -0.345. The van der Waals surface area contributed by atoms with Crippen molar-refractivity contribution < 1.29 is 4.79 Å². The summed E-state index contributed by atoms with van der Waals surface area (Å²) in [5.41, 5.74) is 4.49. The molecule has 3 aromatic rings. The van der Waals surface area contributed by atoms with Gasteiger partial charge in [-0.1, -0.05) is 48.0 Å². The van der Waals surface area contributed by atoms with Gasteiger partial charge in [-0.25, -0.2) is 0 Å². The first-order chi connectivity index (χ1) is 13.0. The van der Waals surface area contributed by atoms with E-state index in [0.29, 0.717) is 0 Å². The van der Waals surface area contributed by atoms with Crippen LogP contribution >= 0.6 is 0 Å². The fraction of sp³-hybridized carbons (Fsp3) is 0.217. The Kier molecular flexibility index (Phi) is 5.42. The molecule has 0 atom stereocenters. The van der Waals surface area contributed by atoms with E-state index in [1.807, 2.05) is 44.3 Å². The lowest BCUT2D eigenvalue weighted by Crippen LogP contribution is -2.30. The van der Waals surface area contributed by atoms with Gasteiger partial charge in [-0.3, -0.25) is 4.79 Å². The summed E-state index contributed by atoms with van der Waals surface area (Å²) in [5, 5.41) is 13.2. The number of nitriles is 1. The SMILES string of the molecule is Cc1ccc(Cn2cc(/C=C(/C#N)C(=O)NC(C)C)c3ccccc32)cc1. The molecule has 0 aliphatic heterocycles. The van der Waals surface area contributed by atoms with Crippen LogP contribution in [0.2, 0.25) is 0 Å². The monoisotopic (exact) mass is 357 g/mol. The van der Waals surface area contributed by atoms with E-state index in [0.717, 1.165) is 23.0 Å². The van der Waals surface area contributed by atoms with Crippen LogP contribution < -0.4 is 5.32 Å². The van der Waals surface area contributed by atoms with Gasteiger partial charge >= 0.3 is 0 Å². The molecule has 1 amide bonds. The maximum atomic E-state index is 12.2. The van der Waals surface area contributed by atoms with Crippen LogP contribution in [0.4, 0.5) is 0 Å². The topological polar surface area (TPSA) is 57.8 Å². The first-order valence-electron chi connectivity index (χ1n) is 9.04. The van der Waals surface area contributed by atoms with Crippen molar-refractivity contribution in [3.05, 3.63) is 77.0 Å². The largest absolute Gasteiger partial charge is 0.349 e. The molecule has 0 spiro atoms. The molecule has 1 aromatic heterocycles. The predicted molar refractivity (Wildman–Crippen MR) is 109 cm³/mol. The van der Waals surface area contributed by atoms with Crippen molar-refractivity contribution in [1.29, 1.82) is 5.26 Å². The number of carbonyl (C=O) groups excluding carboxylic acids is 1. The third-order valence-corrected chi connectivity index (χ3v) is 4.38. The summed E-state index contributed by atoms with van der Waals surface area (Å²) in [7, 11) is 0.